The number of carbonyl (C=O) groups is 3. The van der Waals surface area contributed by atoms with E-state index < -0.39 is 0 Å². The van der Waals surface area contributed by atoms with E-state index in [1.807, 2.05) is 14.1 Å². The van der Waals surface area contributed by atoms with Crippen molar-refractivity contribution < 1.29 is 19.0 Å². The van der Waals surface area contributed by atoms with Gasteiger partial charge in [-0.1, -0.05) is 0 Å². The first-order chi connectivity index (χ1) is 15.7. The Hall–Kier alpha value is -3.86. The first kappa shape index (κ1) is 23.8. The number of aromatic nitrogens is 4. The molecule has 176 valence electrons. The molecule has 0 bridgehead atoms. The van der Waals surface area contributed by atoms with E-state index in [2.05, 4.69) is 25.8 Å². The molecule has 0 aliphatic carbocycles. The zero-order valence-electron chi connectivity index (χ0n) is 19.6. The van der Waals surface area contributed by atoms with Crippen LogP contribution < -0.4 is 20.5 Å². The number of carbonyl (C=O) groups excluding carboxylic acids is 3. The van der Waals surface area contributed by atoms with Crippen molar-refractivity contribution in [2.75, 3.05) is 37.8 Å². The van der Waals surface area contributed by atoms with Gasteiger partial charge in [-0.3, -0.25) is 14.4 Å². The third kappa shape index (κ3) is 5.89. The van der Waals surface area contributed by atoms with Gasteiger partial charge < -0.3 is 30.0 Å². The molecule has 0 fully saturated rings. The van der Waals surface area contributed by atoms with E-state index in [1.54, 1.807) is 71.8 Å². The third-order valence-electron chi connectivity index (χ3n) is 5.14. The van der Waals surface area contributed by atoms with Crippen molar-refractivity contribution in [3.05, 3.63) is 54.1 Å². The topological polar surface area (TPSA) is 120 Å². The molecule has 0 aliphatic rings. The van der Waals surface area contributed by atoms with Crippen molar-refractivity contribution >= 4 is 29.1 Å². The lowest BCUT2D eigenvalue weighted by Gasteiger charge is -2.10. The summed E-state index contributed by atoms with van der Waals surface area (Å²) in [7, 11) is 9.20. The largest absolute Gasteiger partial charge is 0.351 e. The molecule has 3 rings (SSSR count). The highest BCUT2D eigenvalue weighted by atomic mass is 16.2. The fourth-order valence-corrected chi connectivity index (χ4v) is 3.42. The van der Waals surface area contributed by atoms with Gasteiger partial charge in [0.05, 0.1) is 18.4 Å². The molecule has 3 heterocycles. The van der Waals surface area contributed by atoms with E-state index in [4.69, 9.17) is 0 Å². The van der Waals surface area contributed by atoms with Gasteiger partial charge >= 0.3 is 11.7 Å². The number of amides is 3. The van der Waals surface area contributed by atoms with Crippen molar-refractivity contribution in [2.45, 2.75) is 6.42 Å². The summed E-state index contributed by atoms with van der Waals surface area (Å²) in [5, 5.41) is 8.47. The zero-order chi connectivity index (χ0) is 24.1. The number of hydrogen-bond acceptors (Lipinski definition) is 4. The van der Waals surface area contributed by atoms with Crippen LogP contribution >= 0.6 is 0 Å². The number of H-pyrrole nitrogens is 1. The predicted octanol–water partition coefficient (Wildman–Crippen LogP) is 0.702. The molecule has 0 radical (unpaired) electrons. The standard InChI is InChI=1S/C22H30N8O3/c1-27(2)9-6-7-24-20(31)17-11-15(13-29(17)4)25-21(32)18-12-16(14-30(18)5)26-22(33)19-23-8-10-28(19)3/h8,10-14H,6-7,9H2,1-5H3,(H3,24,25,26,31,32,33)/p+1. The molecule has 4 N–H and O–H groups in total. The quantitative estimate of drug-likeness (QED) is 0.280. The molecule has 0 spiro atoms. The molecule has 0 saturated carbocycles. The zero-order valence-corrected chi connectivity index (χ0v) is 19.6. The highest BCUT2D eigenvalue weighted by Gasteiger charge is 2.20. The van der Waals surface area contributed by atoms with Crippen LogP contribution in [0, 0.1) is 0 Å². The van der Waals surface area contributed by atoms with E-state index >= 15 is 0 Å². The molecule has 0 unspecified atom stereocenters. The van der Waals surface area contributed by atoms with Crippen LogP contribution in [-0.2, 0) is 21.1 Å². The van der Waals surface area contributed by atoms with Gasteiger partial charge in [-0.25, -0.2) is 9.55 Å². The minimum atomic E-state index is -0.355. The lowest BCUT2D eigenvalue weighted by atomic mass is 10.3. The Bertz CT molecular complexity index is 1150. The molecule has 0 aromatic carbocycles. The Balaban J connectivity index is 1.62. The first-order valence-electron chi connectivity index (χ1n) is 10.6. The van der Waals surface area contributed by atoms with Gasteiger partial charge in [0.2, 0.25) is 0 Å². The van der Waals surface area contributed by atoms with Crippen LogP contribution in [-0.4, -0.2) is 63.9 Å². The predicted molar refractivity (Wildman–Crippen MR) is 124 cm³/mol. The fourth-order valence-electron chi connectivity index (χ4n) is 3.42. The van der Waals surface area contributed by atoms with Crippen LogP contribution in [0.2, 0.25) is 0 Å². The van der Waals surface area contributed by atoms with Crippen molar-refractivity contribution in [1.29, 1.82) is 0 Å². The molecule has 0 atom stereocenters. The maximum Gasteiger partial charge on any atom is 0.345 e. The highest BCUT2D eigenvalue weighted by molar-refractivity contribution is 6.06. The van der Waals surface area contributed by atoms with E-state index in [0.717, 1.165) is 13.0 Å². The van der Waals surface area contributed by atoms with Crippen molar-refractivity contribution in [3.8, 4) is 0 Å². The molecule has 0 aliphatic heterocycles. The Morgan fingerprint density at radius 1 is 0.970 bits per heavy atom. The third-order valence-corrected chi connectivity index (χ3v) is 5.14. The Morgan fingerprint density at radius 3 is 2.09 bits per heavy atom. The van der Waals surface area contributed by atoms with Crippen LogP contribution in [0.5, 0.6) is 0 Å². The van der Waals surface area contributed by atoms with E-state index in [1.165, 1.54) is 0 Å². The minimum Gasteiger partial charge on any atom is -0.351 e. The molecule has 3 aromatic rings. The first-order valence-corrected chi connectivity index (χ1v) is 10.6. The highest BCUT2D eigenvalue weighted by Crippen LogP contribution is 2.17. The number of rotatable bonds is 9. The van der Waals surface area contributed by atoms with Crippen LogP contribution in [0.4, 0.5) is 11.4 Å². The lowest BCUT2D eigenvalue weighted by Crippen LogP contribution is -2.35. The fraction of sp³-hybridized carbons (Fsp3) is 0.364. The van der Waals surface area contributed by atoms with Gasteiger partial charge in [-0.05, 0) is 39.2 Å². The number of aromatic amines is 1. The second-order valence-electron chi connectivity index (χ2n) is 8.19. The summed E-state index contributed by atoms with van der Waals surface area (Å²) >= 11 is 0. The van der Waals surface area contributed by atoms with Gasteiger partial charge in [0, 0.05) is 33.0 Å². The molecule has 11 nitrogen and oxygen atoms in total. The van der Waals surface area contributed by atoms with E-state index in [9.17, 15) is 14.4 Å². The summed E-state index contributed by atoms with van der Waals surface area (Å²) in [4.78, 5) is 42.6. The number of nitrogens with one attached hydrogen (secondary N) is 4. The maximum atomic E-state index is 12.8. The van der Waals surface area contributed by atoms with Crippen molar-refractivity contribution in [2.24, 2.45) is 21.1 Å². The second kappa shape index (κ2) is 10.2. The van der Waals surface area contributed by atoms with E-state index in [-0.39, 0.29) is 17.7 Å². The monoisotopic (exact) mass is 455 g/mol. The van der Waals surface area contributed by atoms with E-state index in [0.29, 0.717) is 35.1 Å². The van der Waals surface area contributed by atoms with Crippen LogP contribution in [0.1, 0.15) is 38.0 Å². The van der Waals surface area contributed by atoms with Crippen LogP contribution in [0.25, 0.3) is 0 Å². The Kier molecular flexibility index (Phi) is 7.34. The normalized spacial score (nSPS) is 11.0. The molecule has 3 amide bonds. The molecular weight excluding hydrogens is 424 g/mol. The molecule has 11 heteroatoms. The molecule has 0 saturated heterocycles. The summed E-state index contributed by atoms with van der Waals surface area (Å²) in [6, 6.07) is 3.23. The van der Waals surface area contributed by atoms with Crippen molar-refractivity contribution in [1.82, 2.24) is 24.3 Å². The minimum absolute atomic E-state index is 0.196. The lowest BCUT2D eigenvalue weighted by molar-refractivity contribution is -0.671. The smallest absolute Gasteiger partial charge is 0.345 e. The van der Waals surface area contributed by atoms with Gasteiger partial charge in [0.25, 0.3) is 11.8 Å². The number of imidazole rings is 1. The number of hydrogen-bond donors (Lipinski definition) is 4. The summed E-state index contributed by atoms with van der Waals surface area (Å²) in [6.45, 7) is 1.46. The van der Waals surface area contributed by atoms with Gasteiger partial charge in [0.1, 0.15) is 23.8 Å². The molecular formula is C22H31N8O3+. The summed E-state index contributed by atoms with van der Waals surface area (Å²) in [5.74, 6) is -0.476. The number of nitrogens with zero attached hydrogens (tertiary/aromatic N) is 4. The van der Waals surface area contributed by atoms with Gasteiger partial charge in [-0.15, -0.1) is 0 Å². The average Bonchev–Trinajstić information content (AvgIpc) is 3.43. The van der Waals surface area contributed by atoms with Gasteiger partial charge in [-0.2, -0.15) is 0 Å². The summed E-state index contributed by atoms with van der Waals surface area (Å²) in [5.41, 5.74) is 1.81. The van der Waals surface area contributed by atoms with Crippen LogP contribution in [0.15, 0.2) is 36.9 Å². The van der Waals surface area contributed by atoms with Crippen LogP contribution in [0.3, 0.4) is 0 Å². The second-order valence-corrected chi connectivity index (χ2v) is 8.19. The molecule has 33 heavy (non-hydrogen) atoms. The maximum absolute atomic E-state index is 12.8. The number of aryl methyl sites for hydroxylation is 3. The Labute approximate surface area is 192 Å². The summed E-state index contributed by atoms with van der Waals surface area (Å²) in [6.07, 6.45) is 7.59. The Morgan fingerprint density at radius 2 is 1.55 bits per heavy atom. The summed E-state index contributed by atoms with van der Waals surface area (Å²) < 4.78 is 4.96. The average molecular weight is 456 g/mol. The number of anilines is 2. The van der Waals surface area contributed by atoms with Gasteiger partial charge in [0.15, 0.2) is 0 Å². The molecule has 3 aromatic heterocycles. The van der Waals surface area contributed by atoms with Crippen molar-refractivity contribution in [3.63, 3.8) is 0 Å². The SMILES string of the molecule is CN(C)CCCNC(=O)c1cc(NC(=O)c2cc(NC(=O)c3[nH]cc[n+]3C)cn2C)cn1C.